The first-order chi connectivity index (χ1) is 11.1. The fraction of sp³-hybridized carbons (Fsp3) is 0.176. The van der Waals surface area contributed by atoms with E-state index in [0.29, 0.717) is 6.54 Å². The zero-order valence-corrected chi connectivity index (χ0v) is 13.6. The zero-order valence-electron chi connectivity index (χ0n) is 12.7. The second-order valence-corrected chi connectivity index (χ2v) is 6.20. The molecule has 0 aliphatic rings. The molecule has 0 radical (unpaired) electrons. The van der Waals surface area contributed by atoms with Crippen molar-refractivity contribution in [2.24, 2.45) is 0 Å². The number of ether oxygens (including phenoxy) is 1. The van der Waals surface area contributed by atoms with E-state index in [1.54, 1.807) is 24.5 Å². The predicted octanol–water partition coefficient (Wildman–Crippen LogP) is 3.72. The van der Waals surface area contributed by atoms with Crippen LogP contribution in [-0.2, 0) is 6.54 Å². The number of fused-ring (bicyclic) bond motifs is 1. The van der Waals surface area contributed by atoms with E-state index in [9.17, 15) is 9.18 Å². The third-order valence-corrected chi connectivity index (χ3v) is 4.48. The van der Waals surface area contributed by atoms with Gasteiger partial charge in [0, 0.05) is 12.6 Å². The number of hydrogen-bond donors (Lipinski definition) is 0. The number of amides is 1. The van der Waals surface area contributed by atoms with Crippen LogP contribution in [0.4, 0.5) is 4.39 Å². The molecule has 0 atom stereocenters. The van der Waals surface area contributed by atoms with Crippen molar-refractivity contribution in [3.05, 3.63) is 58.9 Å². The first kappa shape index (κ1) is 15.4. The quantitative estimate of drug-likeness (QED) is 0.732. The molecule has 0 fully saturated rings. The average molecular weight is 330 g/mol. The number of rotatable bonds is 4. The molecule has 23 heavy (non-hydrogen) atoms. The van der Waals surface area contributed by atoms with Gasteiger partial charge in [-0.15, -0.1) is 11.3 Å². The van der Waals surface area contributed by atoms with Gasteiger partial charge in [-0.25, -0.2) is 9.37 Å². The minimum Gasteiger partial charge on any atom is -0.494 e. The lowest BCUT2D eigenvalue weighted by Crippen LogP contribution is -2.26. The van der Waals surface area contributed by atoms with Gasteiger partial charge >= 0.3 is 0 Å². The molecule has 2 aromatic carbocycles. The lowest BCUT2D eigenvalue weighted by atomic mass is 10.2. The molecule has 0 aliphatic heterocycles. The topological polar surface area (TPSA) is 42.4 Å². The number of methoxy groups -OCH3 is 1. The van der Waals surface area contributed by atoms with Crippen LogP contribution in [0.2, 0.25) is 0 Å². The number of carbonyl (C=O) groups is 1. The largest absolute Gasteiger partial charge is 0.494 e. The third-order valence-electron chi connectivity index (χ3n) is 3.46. The minimum absolute atomic E-state index is 0.121. The molecule has 0 spiro atoms. The molecule has 6 heteroatoms. The van der Waals surface area contributed by atoms with Gasteiger partial charge in [-0.2, -0.15) is 0 Å². The summed E-state index contributed by atoms with van der Waals surface area (Å²) < 4.78 is 19.7. The Bertz CT molecular complexity index is 830. The predicted molar refractivity (Wildman–Crippen MR) is 88.4 cm³/mol. The molecule has 3 aromatic rings. The van der Waals surface area contributed by atoms with Crippen molar-refractivity contribution < 1.29 is 13.9 Å². The van der Waals surface area contributed by atoms with Crippen molar-refractivity contribution in [3.8, 4) is 5.75 Å². The standard InChI is InChI=1S/C17H15FN2O2S/c1-20(10-16-19-13-5-3-4-6-15(13)23-16)17(21)11-7-8-14(22-2)12(18)9-11/h3-9H,10H2,1-2H3. The average Bonchev–Trinajstić information content (AvgIpc) is 2.96. The van der Waals surface area contributed by atoms with Crippen molar-refractivity contribution >= 4 is 27.5 Å². The van der Waals surface area contributed by atoms with E-state index >= 15 is 0 Å². The Kier molecular flexibility index (Phi) is 4.25. The maximum absolute atomic E-state index is 13.7. The lowest BCUT2D eigenvalue weighted by molar-refractivity contribution is 0.0784. The molecule has 3 rings (SSSR count). The Labute approximate surface area is 137 Å². The maximum Gasteiger partial charge on any atom is 0.254 e. The van der Waals surface area contributed by atoms with Gasteiger partial charge in [-0.05, 0) is 30.3 Å². The molecule has 0 unspecified atom stereocenters. The van der Waals surface area contributed by atoms with Gasteiger partial charge in [0.1, 0.15) is 5.01 Å². The Hall–Kier alpha value is -2.47. The van der Waals surface area contributed by atoms with Crippen LogP contribution in [0, 0.1) is 5.82 Å². The summed E-state index contributed by atoms with van der Waals surface area (Å²) in [6, 6.07) is 12.0. The van der Waals surface area contributed by atoms with E-state index in [2.05, 4.69) is 4.98 Å². The molecule has 4 nitrogen and oxygen atoms in total. The normalized spacial score (nSPS) is 10.7. The fourth-order valence-electron chi connectivity index (χ4n) is 2.28. The number of thiazole rings is 1. The van der Waals surface area contributed by atoms with Crippen LogP contribution in [0.3, 0.4) is 0 Å². The van der Waals surface area contributed by atoms with Crippen LogP contribution in [0.25, 0.3) is 10.2 Å². The van der Waals surface area contributed by atoms with Crippen molar-refractivity contribution in [2.45, 2.75) is 6.54 Å². The van der Waals surface area contributed by atoms with Gasteiger partial charge < -0.3 is 9.64 Å². The van der Waals surface area contributed by atoms with E-state index in [0.717, 1.165) is 15.2 Å². The molecule has 0 bridgehead atoms. The molecule has 1 amide bonds. The van der Waals surface area contributed by atoms with Gasteiger partial charge in [0.15, 0.2) is 11.6 Å². The summed E-state index contributed by atoms with van der Waals surface area (Å²) in [5.41, 5.74) is 1.20. The number of nitrogens with zero attached hydrogens (tertiary/aromatic N) is 2. The molecular formula is C17H15FN2O2S. The Balaban J connectivity index is 1.78. The molecule has 1 aromatic heterocycles. The number of para-hydroxylation sites is 1. The van der Waals surface area contributed by atoms with E-state index in [1.807, 2.05) is 24.3 Å². The van der Waals surface area contributed by atoms with Crippen LogP contribution in [0.1, 0.15) is 15.4 Å². The van der Waals surface area contributed by atoms with E-state index in [-0.39, 0.29) is 17.2 Å². The molecule has 118 valence electrons. The molecule has 0 saturated carbocycles. The summed E-state index contributed by atoms with van der Waals surface area (Å²) in [5.74, 6) is -0.687. The monoisotopic (exact) mass is 330 g/mol. The van der Waals surface area contributed by atoms with E-state index in [1.165, 1.54) is 24.1 Å². The highest BCUT2D eigenvalue weighted by atomic mass is 32.1. The minimum atomic E-state index is -0.549. The summed E-state index contributed by atoms with van der Waals surface area (Å²) in [6.07, 6.45) is 0. The van der Waals surface area contributed by atoms with Crippen LogP contribution >= 0.6 is 11.3 Å². The summed E-state index contributed by atoms with van der Waals surface area (Å²) in [7, 11) is 3.07. The Morgan fingerprint density at radius 1 is 1.30 bits per heavy atom. The number of halogens is 1. The van der Waals surface area contributed by atoms with Crippen molar-refractivity contribution in [1.29, 1.82) is 0 Å². The highest BCUT2D eigenvalue weighted by molar-refractivity contribution is 7.18. The first-order valence-electron chi connectivity index (χ1n) is 7.02. The van der Waals surface area contributed by atoms with Gasteiger partial charge in [0.05, 0.1) is 23.9 Å². The van der Waals surface area contributed by atoms with Gasteiger partial charge in [0.25, 0.3) is 5.91 Å². The van der Waals surface area contributed by atoms with Gasteiger partial charge in [-0.1, -0.05) is 12.1 Å². The Morgan fingerprint density at radius 3 is 2.78 bits per heavy atom. The van der Waals surface area contributed by atoms with E-state index < -0.39 is 5.82 Å². The number of aromatic nitrogens is 1. The highest BCUT2D eigenvalue weighted by Crippen LogP contribution is 2.23. The summed E-state index contributed by atoms with van der Waals surface area (Å²) in [4.78, 5) is 18.4. The van der Waals surface area contributed by atoms with Crippen molar-refractivity contribution in [2.75, 3.05) is 14.2 Å². The maximum atomic E-state index is 13.7. The molecule has 0 aliphatic carbocycles. The number of hydrogen-bond acceptors (Lipinski definition) is 4. The summed E-state index contributed by atoms with van der Waals surface area (Å²) >= 11 is 1.55. The van der Waals surface area contributed by atoms with E-state index in [4.69, 9.17) is 4.74 Å². The lowest BCUT2D eigenvalue weighted by Gasteiger charge is -2.16. The third kappa shape index (κ3) is 3.17. The zero-order chi connectivity index (χ0) is 16.4. The van der Waals surface area contributed by atoms with Gasteiger partial charge in [0.2, 0.25) is 0 Å². The highest BCUT2D eigenvalue weighted by Gasteiger charge is 2.16. The van der Waals surface area contributed by atoms with Crippen molar-refractivity contribution in [3.63, 3.8) is 0 Å². The fourth-order valence-corrected chi connectivity index (χ4v) is 3.30. The first-order valence-corrected chi connectivity index (χ1v) is 7.83. The van der Waals surface area contributed by atoms with Gasteiger partial charge in [-0.3, -0.25) is 4.79 Å². The number of benzene rings is 2. The van der Waals surface area contributed by atoms with Crippen LogP contribution in [0.5, 0.6) is 5.75 Å². The second-order valence-electron chi connectivity index (χ2n) is 5.09. The van der Waals surface area contributed by atoms with Crippen LogP contribution in [-0.4, -0.2) is 29.9 Å². The smallest absolute Gasteiger partial charge is 0.254 e. The second kappa shape index (κ2) is 6.34. The molecular weight excluding hydrogens is 315 g/mol. The summed E-state index contributed by atoms with van der Waals surface area (Å²) in [6.45, 7) is 0.381. The summed E-state index contributed by atoms with van der Waals surface area (Å²) in [5, 5.41) is 0.844. The molecule has 0 saturated heterocycles. The number of carbonyl (C=O) groups excluding carboxylic acids is 1. The van der Waals surface area contributed by atoms with Crippen LogP contribution in [0.15, 0.2) is 42.5 Å². The van der Waals surface area contributed by atoms with Crippen molar-refractivity contribution in [1.82, 2.24) is 9.88 Å². The molecule has 0 N–H and O–H groups in total. The SMILES string of the molecule is COc1ccc(C(=O)N(C)Cc2nc3ccccc3s2)cc1F. The Morgan fingerprint density at radius 2 is 2.09 bits per heavy atom. The molecule has 1 heterocycles. The van der Waals surface area contributed by atoms with Crippen LogP contribution < -0.4 is 4.74 Å².